The summed E-state index contributed by atoms with van der Waals surface area (Å²) in [5.74, 6) is 0.280. The largest absolute Gasteiger partial charge is 0.352 e. The fourth-order valence-corrected chi connectivity index (χ4v) is 1.92. The van der Waals surface area contributed by atoms with Crippen molar-refractivity contribution in [1.29, 1.82) is 0 Å². The maximum Gasteiger partial charge on any atom is 0.170 e. The summed E-state index contributed by atoms with van der Waals surface area (Å²) in [6.45, 7) is 10.4. The number of halogens is 1. The summed E-state index contributed by atoms with van der Waals surface area (Å²) in [5.41, 5.74) is 0.684. The highest BCUT2D eigenvalue weighted by atomic mass is 19.1. The zero-order valence-corrected chi connectivity index (χ0v) is 11.8. The third-order valence-corrected chi connectivity index (χ3v) is 2.88. The monoisotopic (exact) mass is 253 g/mol. The van der Waals surface area contributed by atoms with Gasteiger partial charge in [0.2, 0.25) is 0 Å². The van der Waals surface area contributed by atoms with Gasteiger partial charge in [0.25, 0.3) is 0 Å². The van der Waals surface area contributed by atoms with Crippen LogP contribution in [0.5, 0.6) is 0 Å². The maximum absolute atomic E-state index is 14.4. The summed E-state index contributed by atoms with van der Waals surface area (Å²) in [4.78, 5) is 6.23. The Morgan fingerprint density at radius 1 is 1.39 bits per heavy atom. The smallest absolute Gasteiger partial charge is 0.170 e. The van der Waals surface area contributed by atoms with Crippen LogP contribution in [0.25, 0.3) is 0 Å². The molecule has 0 spiro atoms. The number of pyridine rings is 1. The molecule has 0 saturated carbocycles. The number of anilines is 1. The molecule has 4 heteroatoms. The number of hydrogen-bond donors (Lipinski definition) is 1. The Morgan fingerprint density at radius 2 is 2.11 bits per heavy atom. The molecule has 0 saturated heterocycles. The molecule has 0 unspecified atom stereocenters. The Hall–Kier alpha value is -1.16. The number of hydrogen-bond acceptors (Lipinski definition) is 3. The normalized spacial score (nSPS) is 11.0. The van der Waals surface area contributed by atoms with Crippen molar-refractivity contribution in [1.82, 2.24) is 10.3 Å². The second-order valence-electron chi connectivity index (χ2n) is 4.68. The predicted octanol–water partition coefficient (Wildman–Crippen LogP) is 2.96. The van der Waals surface area contributed by atoms with Gasteiger partial charge in [0.1, 0.15) is 0 Å². The van der Waals surface area contributed by atoms with Gasteiger partial charge >= 0.3 is 0 Å². The van der Waals surface area contributed by atoms with E-state index in [2.05, 4.69) is 31.1 Å². The average Bonchev–Trinajstić information content (AvgIpc) is 2.35. The van der Waals surface area contributed by atoms with E-state index < -0.39 is 0 Å². The van der Waals surface area contributed by atoms with Crippen molar-refractivity contribution in [3.8, 4) is 0 Å². The lowest BCUT2D eigenvalue weighted by molar-refractivity contribution is 0.564. The van der Waals surface area contributed by atoms with Gasteiger partial charge in [-0.1, -0.05) is 13.8 Å². The highest BCUT2D eigenvalue weighted by Gasteiger charge is 2.17. The quantitative estimate of drug-likeness (QED) is 0.809. The van der Waals surface area contributed by atoms with Crippen molar-refractivity contribution >= 4 is 5.82 Å². The molecule has 0 bridgehead atoms. The molecule has 0 atom stereocenters. The molecule has 0 aliphatic rings. The summed E-state index contributed by atoms with van der Waals surface area (Å²) < 4.78 is 14.4. The van der Waals surface area contributed by atoms with E-state index in [1.165, 1.54) is 0 Å². The number of nitrogens with one attached hydrogen (secondary N) is 1. The van der Waals surface area contributed by atoms with Crippen LogP contribution in [-0.4, -0.2) is 24.1 Å². The van der Waals surface area contributed by atoms with Gasteiger partial charge in [0.05, 0.1) is 0 Å². The van der Waals surface area contributed by atoms with E-state index in [0.29, 0.717) is 17.9 Å². The van der Waals surface area contributed by atoms with Gasteiger partial charge < -0.3 is 10.2 Å². The zero-order chi connectivity index (χ0) is 13.5. The van der Waals surface area contributed by atoms with Crippen LogP contribution in [0.15, 0.2) is 12.3 Å². The molecule has 1 aromatic rings. The van der Waals surface area contributed by atoms with Crippen LogP contribution in [0, 0.1) is 5.82 Å². The Labute approximate surface area is 109 Å². The molecule has 0 radical (unpaired) electrons. The summed E-state index contributed by atoms with van der Waals surface area (Å²) in [6.07, 6.45) is 2.67. The third kappa shape index (κ3) is 3.67. The molecule has 0 amide bonds. The van der Waals surface area contributed by atoms with Crippen molar-refractivity contribution < 1.29 is 4.39 Å². The van der Waals surface area contributed by atoms with E-state index >= 15 is 0 Å². The van der Waals surface area contributed by atoms with Gasteiger partial charge in [-0.3, -0.25) is 0 Å². The van der Waals surface area contributed by atoms with Crippen molar-refractivity contribution in [3.63, 3.8) is 0 Å². The Kier molecular flexibility index (Phi) is 6.05. The molecule has 0 fully saturated rings. The molecule has 3 nitrogen and oxygen atoms in total. The molecule has 1 heterocycles. The lowest BCUT2D eigenvalue weighted by atomic mass is 10.2. The molecule has 102 valence electrons. The topological polar surface area (TPSA) is 28.2 Å². The molecule has 0 aliphatic carbocycles. The van der Waals surface area contributed by atoms with E-state index in [0.717, 1.165) is 19.5 Å². The molecule has 18 heavy (non-hydrogen) atoms. The number of rotatable bonds is 7. The highest BCUT2D eigenvalue weighted by Crippen LogP contribution is 2.21. The molecular formula is C14H24FN3. The van der Waals surface area contributed by atoms with E-state index in [1.54, 1.807) is 12.3 Å². The van der Waals surface area contributed by atoms with E-state index in [4.69, 9.17) is 0 Å². The fraction of sp³-hybridized carbons (Fsp3) is 0.643. The zero-order valence-electron chi connectivity index (χ0n) is 11.8. The van der Waals surface area contributed by atoms with Crippen LogP contribution in [0.1, 0.15) is 39.7 Å². The van der Waals surface area contributed by atoms with Crippen LogP contribution in [0.3, 0.4) is 0 Å². The summed E-state index contributed by atoms with van der Waals surface area (Å²) in [6, 6.07) is 1.99. The Bertz CT molecular complexity index is 366. The van der Waals surface area contributed by atoms with Crippen LogP contribution in [0.2, 0.25) is 0 Å². The van der Waals surface area contributed by atoms with Crippen molar-refractivity contribution in [2.24, 2.45) is 0 Å². The minimum atomic E-state index is -0.194. The SMILES string of the molecule is CCCN(c1nccc(CNCC)c1F)C(C)C. The van der Waals surface area contributed by atoms with E-state index in [9.17, 15) is 4.39 Å². The van der Waals surface area contributed by atoms with Crippen LogP contribution < -0.4 is 10.2 Å². The van der Waals surface area contributed by atoms with Crippen molar-refractivity contribution in [3.05, 3.63) is 23.6 Å². The number of nitrogens with zero attached hydrogens (tertiary/aromatic N) is 2. The van der Waals surface area contributed by atoms with Gasteiger partial charge in [-0.05, 0) is 32.9 Å². The minimum absolute atomic E-state index is 0.194. The first-order valence-corrected chi connectivity index (χ1v) is 6.72. The molecular weight excluding hydrogens is 229 g/mol. The van der Waals surface area contributed by atoms with Gasteiger partial charge in [-0.25, -0.2) is 9.37 Å². The lowest BCUT2D eigenvalue weighted by Crippen LogP contribution is -2.33. The average molecular weight is 253 g/mol. The first-order chi connectivity index (χ1) is 8.61. The Morgan fingerprint density at radius 3 is 2.67 bits per heavy atom. The second kappa shape index (κ2) is 7.31. The van der Waals surface area contributed by atoms with Crippen LogP contribution in [0.4, 0.5) is 10.2 Å². The molecule has 1 aromatic heterocycles. The number of aromatic nitrogens is 1. The summed E-state index contributed by atoms with van der Waals surface area (Å²) >= 11 is 0. The standard InChI is InChI=1S/C14H24FN3/c1-5-9-18(11(3)4)14-13(15)12(7-8-17-14)10-16-6-2/h7-8,11,16H,5-6,9-10H2,1-4H3. The van der Waals surface area contributed by atoms with Crippen molar-refractivity contribution in [2.75, 3.05) is 18.0 Å². The van der Waals surface area contributed by atoms with Crippen LogP contribution in [-0.2, 0) is 6.54 Å². The van der Waals surface area contributed by atoms with Crippen LogP contribution >= 0.6 is 0 Å². The molecule has 0 aromatic carbocycles. The van der Waals surface area contributed by atoms with Gasteiger partial charge in [-0.2, -0.15) is 0 Å². The predicted molar refractivity (Wildman–Crippen MR) is 74.3 cm³/mol. The Balaban J connectivity index is 2.99. The molecule has 1 N–H and O–H groups in total. The molecule has 0 aliphatic heterocycles. The van der Waals surface area contributed by atoms with E-state index in [-0.39, 0.29) is 11.9 Å². The minimum Gasteiger partial charge on any atom is -0.352 e. The van der Waals surface area contributed by atoms with E-state index in [1.807, 2.05) is 11.8 Å². The third-order valence-electron chi connectivity index (χ3n) is 2.88. The summed E-state index contributed by atoms with van der Waals surface area (Å²) in [7, 11) is 0. The first-order valence-electron chi connectivity index (χ1n) is 6.72. The second-order valence-corrected chi connectivity index (χ2v) is 4.68. The highest BCUT2D eigenvalue weighted by molar-refractivity contribution is 5.43. The van der Waals surface area contributed by atoms with Gasteiger partial charge in [0.15, 0.2) is 11.6 Å². The van der Waals surface area contributed by atoms with Gasteiger partial charge in [0, 0.05) is 30.9 Å². The molecule has 1 rings (SSSR count). The maximum atomic E-state index is 14.4. The van der Waals surface area contributed by atoms with Gasteiger partial charge in [-0.15, -0.1) is 0 Å². The summed E-state index contributed by atoms with van der Waals surface area (Å²) in [5, 5.41) is 3.15. The fourth-order valence-electron chi connectivity index (χ4n) is 1.92. The van der Waals surface area contributed by atoms with Crippen molar-refractivity contribution in [2.45, 2.75) is 46.7 Å². The lowest BCUT2D eigenvalue weighted by Gasteiger charge is -2.28. The first kappa shape index (κ1) is 14.9.